The molecule has 0 fully saturated rings. The van der Waals surface area contributed by atoms with Gasteiger partial charge in [0.25, 0.3) is 0 Å². The third kappa shape index (κ3) is 4.14. The fraction of sp³-hybridized carbons (Fsp3) is 0.278. The highest BCUT2D eigenvalue weighted by Crippen LogP contribution is 2.36. The standard InChI is InChI=1S/C18H18ClNO2S3/c1-18(2,3)15-10-24-17(20-15)16-12(8-9-23-16)11-25(21,22)14-6-4-13(19)5-7-14/h4-10H,11H2,1-3H3. The van der Waals surface area contributed by atoms with Crippen LogP contribution < -0.4 is 0 Å². The molecule has 0 N–H and O–H groups in total. The highest BCUT2D eigenvalue weighted by atomic mass is 35.5. The van der Waals surface area contributed by atoms with Crippen molar-refractivity contribution in [2.75, 3.05) is 0 Å². The van der Waals surface area contributed by atoms with Crippen molar-refractivity contribution in [2.24, 2.45) is 0 Å². The maximum absolute atomic E-state index is 12.7. The molecular weight excluding hydrogens is 394 g/mol. The molecule has 0 aliphatic carbocycles. The third-order valence-electron chi connectivity index (χ3n) is 3.73. The van der Waals surface area contributed by atoms with E-state index in [-0.39, 0.29) is 16.1 Å². The fourth-order valence-corrected chi connectivity index (χ4v) is 5.99. The number of nitrogens with zero attached hydrogens (tertiary/aromatic N) is 1. The Morgan fingerprint density at radius 1 is 1.08 bits per heavy atom. The Balaban J connectivity index is 1.92. The van der Waals surface area contributed by atoms with Crippen molar-refractivity contribution in [3.63, 3.8) is 0 Å². The van der Waals surface area contributed by atoms with Gasteiger partial charge >= 0.3 is 0 Å². The molecule has 0 unspecified atom stereocenters. The summed E-state index contributed by atoms with van der Waals surface area (Å²) in [7, 11) is -3.43. The van der Waals surface area contributed by atoms with Crippen LogP contribution in [0.2, 0.25) is 5.02 Å². The van der Waals surface area contributed by atoms with Crippen LogP contribution in [-0.4, -0.2) is 13.4 Å². The van der Waals surface area contributed by atoms with E-state index < -0.39 is 9.84 Å². The monoisotopic (exact) mass is 411 g/mol. The number of aromatic nitrogens is 1. The van der Waals surface area contributed by atoms with Crippen molar-refractivity contribution >= 4 is 44.1 Å². The van der Waals surface area contributed by atoms with Crippen LogP contribution in [-0.2, 0) is 21.0 Å². The van der Waals surface area contributed by atoms with E-state index in [0.717, 1.165) is 21.1 Å². The second kappa shape index (κ2) is 6.83. The predicted octanol–water partition coefficient (Wildman–Crippen LogP) is 5.80. The molecule has 0 radical (unpaired) electrons. The number of thiazole rings is 1. The van der Waals surface area contributed by atoms with E-state index in [1.165, 1.54) is 11.3 Å². The van der Waals surface area contributed by atoms with Gasteiger partial charge in [0.2, 0.25) is 0 Å². The summed E-state index contributed by atoms with van der Waals surface area (Å²) in [6.45, 7) is 6.35. The molecule has 0 saturated carbocycles. The summed E-state index contributed by atoms with van der Waals surface area (Å²) < 4.78 is 25.4. The highest BCUT2D eigenvalue weighted by molar-refractivity contribution is 7.90. The summed E-state index contributed by atoms with van der Waals surface area (Å²) in [4.78, 5) is 5.93. The molecule has 0 aliphatic rings. The van der Waals surface area contributed by atoms with Crippen LogP contribution in [0.1, 0.15) is 32.0 Å². The fourth-order valence-electron chi connectivity index (χ4n) is 2.29. The first-order valence-electron chi connectivity index (χ1n) is 7.68. The molecule has 0 bridgehead atoms. The van der Waals surface area contributed by atoms with Crippen LogP contribution in [0, 0.1) is 0 Å². The second-order valence-electron chi connectivity index (χ2n) is 6.78. The Labute approximate surface area is 161 Å². The Bertz CT molecular complexity index is 980. The second-order valence-corrected chi connectivity index (χ2v) is 11.0. The van der Waals surface area contributed by atoms with E-state index in [9.17, 15) is 8.42 Å². The summed E-state index contributed by atoms with van der Waals surface area (Å²) in [6, 6.07) is 8.15. The van der Waals surface area contributed by atoms with Gasteiger partial charge in [0.05, 0.1) is 21.2 Å². The van der Waals surface area contributed by atoms with E-state index in [0.29, 0.717) is 5.02 Å². The molecule has 0 aliphatic heterocycles. The van der Waals surface area contributed by atoms with E-state index in [4.69, 9.17) is 16.6 Å². The zero-order chi connectivity index (χ0) is 18.2. The molecule has 0 saturated heterocycles. The number of thiophene rings is 1. The SMILES string of the molecule is CC(C)(C)c1csc(-c2sccc2CS(=O)(=O)c2ccc(Cl)cc2)n1. The lowest BCUT2D eigenvalue weighted by Crippen LogP contribution is -2.11. The van der Waals surface area contributed by atoms with Crippen molar-refractivity contribution in [3.05, 3.63) is 57.4 Å². The van der Waals surface area contributed by atoms with Crippen molar-refractivity contribution in [1.29, 1.82) is 0 Å². The Morgan fingerprint density at radius 3 is 2.36 bits per heavy atom. The third-order valence-corrected chi connectivity index (χ3v) is 7.62. The Hall–Kier alpha value is -1.21. The van der Waals surface area contributed by atoms with Gasteiger partial charge in [-0.25, -0.2) is 13.4 Å². The summed E-state index contributed by atoms with van der Waals surface area (Å²) in [5, 5.41) is 5.36. The molecule has 2 heterocycles. The minimum atomic E-state index is -3.43. The molecule has 25 heavy (non-hydrogen) atoms. The van der Waals surface area contributed by atoms with Crippen molar-refractivity contribution in [3.8, 4) is 9.88 Å². The lowest BCUT2D eigenvalue weighted by molar-refractivity contribution is 0.573. The smallest absolute Gasteiger partial charge is 0.182 e. The Morgan fingerprint density at radius 2 is 1.76 bits per heavy atom. The molecule has 0 spiro atoms. The largest absolute Gasteiger partial charge is 0.240 e. The van der Waals surface area contributed by atoms with Gasteiger partial charge in [-0.15, -0.1) is 22.7 Å². The number of rotatable bonds is 4. The van der Waals surface area contributed by atoms with Crippen molar-refractivity contribution < 1.29 is 8.42 Å². The zero-order valence-corrected chi connectivity index (χ0v) is 17.3. The first kappa shape index (κ1) is 18.6. The number of sulfone groups is 1. The average molecular weight is 412 g/mol. The van der Waals surface area contributed by atoms with Crippen molar-refractivity contribution in [1.82, 2.24) is 4.98 Å². The number of halogens is 1. The van der Waals surface area contributed by atoms with Crippen LogP contribution in [0.4, 0.5) is 0 Å². The van der Waals surface area contributed by atoms with E-state index in [2.05, 4.69) is 20.8 Å². The van der Waals surface area contributed by atoms with Crippen LogP contribution in [0.3, 0.4) is 0 Å². The molecule has 0 atom stereocenters. The normalized spacial score (nSPS) is 12.5. The summed E-state index contributed by atoms with van der Waals surface area (Å²) in [6.07, 6.45) is 0. The minimum Gasteiger partial charge on any atom is -0.240 e. The summed E-state index contributed by atoms with van der Waals surface area (Å²) in [5.74, 6) is -0.0438. The van der Waals surface area contributed by atoms with Crippen LogP contribution >= 0.6 is 34.3 Å². The van der Waals surface area contributed by atoms with E-state index >= 15 is 0 Å². The van der Waals surface area contributed by atoms with Gasteiger partial charge in [-0.1, -0.05) is 32.4 Å². The van der Waals surface area contributed by atoms with Crippen LogP contribution in [0.15, 0.2) is 46.0 Å². The minimum absolute atomic E-state index is 0.0262. The number of benzene rings is 1. The quantitative estimate of drug-likeness (QED) is 0.545. The van der Waals surface area contributed by atoms with Gasteiger partial charge in [0, 0.05) is 15.8 Å². The lowest BCUT2D eigenvalue weighted by Gasteiger charge is -2.14. The maximum atomic E-state index is 12.7. The van der Waals surface area contributed by atoms with E-state index in [1.54, 1.807) is 35.6 Å². The number of hydrogen-bond donors (Lipinski definition) is 0. The molecule has 1 aromatic carbocycles. The van der Waals surface area contributed by atoms with Gasteiger partial charge in [-0.3, -0.25) is 0 Å². The molecule has 3 rings (SSSR count). The topological polar surface area (TPSA) is 47.0 Å². The highest BCUT2D eigenvalue weighted by Gasteiger charge is 2.22. The lowest BCUT2D eigenvalue weighted by atomic mass is 9.93. The van der Waals surface area contributed by atoms with Crippen LogP contribution in [0.25, 0.3) is 9.88 Å². The van der Waals surface area contributed by atoms with Gasteiger partial charge < -0.3 is 0 Å². The van der Waals surface area contributed by atoms with Gasteiger partial charge in [0.15, 0.2) is 9.84 Å². The van der Waals surface area contributed by atoms with Crippen LogP contribution in [0.5, 0.6) is 0 Å². The molecule has 3 nitrogen and oxygen atoms in total. The number of hydrogen-bond acceptors (Lipinski definition) is 5. The van der Waals surface area contributed by atoms with E-state index in [1.807, 2.05) is 16.8 Å². The molecule has 0 amide bonds. The van der Waals surface area contributed by atoms with Gasteiger partial charge in [-0.2, -0.15) is 0 Å². The molecular formula is C18H18ClNO2S3. The molecule has 132 valence electrons. The first-order chi connectivity index (χ1) is 11.7. The maximum Gasteiger partial charge on any atom is 0.182 e. The Kier molecular flexibility index (Phi) is 5.08. The van der Waals surface area contributed by atoms with Gasteiger partial charge in [0.1, 0.15) is 5.01 Å². The molecule has 7 heteroatoms. The predicted molar refractivity (Wildman–Crippen MR) is 106 cm³/mol. The first-order valence-corrected chi connectivity index (χ1v) is 11.5. The average Bonchev–Trinajstić information content (AvgIpc) is 3.15. The molecule has 3 aromatic rings. The van der Waals surface area contributed by atoms with Gasteiger partial charge in [-0.05, 0) is 41.3 Å². The molecule has 2 aromatic heterocycles. The zero-order valence-electron chi connectivity index (χ0n) is 14.1. The van der Waals surface area contributed by atoms with Crippen molar-refractivity contribution in [2.45, 2.75) is 36.8 Å². The summed E-state index contributed by atoms with van der Waals surface area (Å²) in [5.41, 5.74) is 1.78. The summed E-state index contributed by atoms with van der Waals surface area (Å²) >= 11 is 8.94.